The van der Waals surface area contributed by atoms with Crippen molar-refractivity contribution in [2.75, 3.05) is 33.8 Å². The van der Waals surface area contributed by atoms with Crippen molar-refractivity contribution in [1.82, 2.24) is 29.7 Å². The number of esters is 1. The van der Waals surface area contributed by atoms with E-state index in [0.29, 0.717) is 19.5 Å². The number of nitrogens with zero attached hydrogens (tertiary/aromatic N) is 4. The quantitative estimate of drug-likeness (QED) is 0.105. The molecule has 4 aromatic carbocycles. The number of ether oxygens (including phenoxy) is 1. The largest absolute Gasteiger partial charge is 0.466 e. The summed E-state index contributed by atoms with van der Waals surface area (Å²) in [6.45, 7) is 3.17. The average Bonchev–Trinajstić information content (AvgIpc) is 4.10. The van der Waals surface area contributed by atoms with Crippen LogP contribution in [0.4, 0.5) is 0 Å². The molecule has 2 N–H and O–H groups in total. The van der Waals surface area contributed by atoms with Gasteiger partial charge in [-0.25, -0.2) is 4.98 Å². The van der Waals surface area contributed by atoms with Gasteiger partial charge in [0, 0.05) is 36.1 Å². The summed E-state index contributed by atoms with van der Waals surface area (Å²) in [5.74, 6) is -0.466. The molecule has 4 heterocycles. The summed E-state index contributed by atoms with van der Waals surface area (Å²) < 4.78 is 5.20. The molecule has 316 valence electrons. The van der Waals surface area contributed by atoms with E-state index in [2.05, 4.69) is 40.3 Å². The number of fused-ring (bicyclic) bond motifs is 1. The second-order valence-electron chi connectivity index (χ2n) is 16.1. The van der Waals surface area contributed by atoms with Gasteiger partial charge in [-0.2, -0.15) is 0 Å². The molecule has 11 nitrogen and oxygen atoms in total. The number of likely N-dealkylation sites (N-methyl/N-ethyl adjacent to an activating group) is 1. The number of aromatic amines is 2. The second-order valence-corrected chi connectivity index (χ2v) is 16.1. The first-order valence-electron chi connectivity index (χ1n) is 21.0. The number of rotatable bonds is 14. The summed E-state index contributed by atoms with van der Waals surface area (Å²) in [4.78, 5) is 71.7. The van der Waals surface area contributed by atoms with Gasteiger partial charge in [0.1, 0.15) is 11.9 Å². The van der Waals surface area contributed by atoms with Crippen molar-refractivity contribution in [2.24, 2.45) is 0 Å². The van der Waals surface area contributed by atoms with Crippen LogP contribution in [0, 0.1) is 0 Å². The normalized spacial score (nSPS) is 17.3. The fraction of sp³-hybridized carbons (Fsp3) is 0.340. The van der Waals surface area contributed by atoms with Crippen LogP contribution in [0.15, 0.2) is 115 Å². The summed E-state index contributed by atoms with van der Waals surface area (Å²) >= 11 is 0. The van der Waals surface area contributed by atoms with Crippen molar-refractivity contribution in [3.63, 3.8) is 0 Å². The molecular weight excluding hydrogens is 765 g/mol. The Bertz CT molecular complexity index is 2460. The molecule has 11 heteroatoms. The van der Waals surface area contributed by atoms with E-state index in [0.717, 1.165) is 75.2 Å². The van der Waals surface area contributed by atoms with Crippen LogP contribution in [0.3, 0.4) is 0 Å². The minimum atomic E-state index is -0.707. The number of aromatic nitrogens is 3. The molecule has 2 aromatic heterocycles. The molecule has 2 aliphatic rings. The number of carbonyl (C=O) groups is 4. The van der Waals surface area contributed by atoms with Gasteiger partial charge in [-0.1, -0.05) is 98.4 Å². The summed E-state index contributed by atoms with van der Waals surface area (Å²) in [6.07, 6.45) is 5.10. The van der Waals surface area contributed by atoms with Gasteiger partial charge in [0.25, 0.3) is 0 Å². The Morgan fingerprint density at radius 3 is 2.11 bits per heavy atom. The van der Waals surface area contributed by atoms with E-state index in [4.69, 9.17) is 9.72 Å². The zero-order valence-corrected chi connectivity index (χ0v) is 34.5. The minimum Gasteiger partial charge on any atom is -0.466 e. The monoisotopic (exact) mass is 820 g/mol. The summed E-state index contributed by atoms with van der Waals surface area (Å²) in [6, 6.07) is 34.6. The van der Waals surface area contributed by atoms with E-state index in [1.165, 1.54) is 0 Å². The van der Waals surface area contributed by atoms with Crippen molar-refractivity contribution >= 4 is 34.5 Å². The lowest BCUT2D eigenvalue weighted by molar-refractivity contribution is -0.147. The standard InChI is InChI=1S/C49H52N6O5.CH4/c1-4-60-45(57)30-38(33-13-7-5-8-14-33)48(58)54-25-11-17-42(54)44(56)28-32-19-24-39-37(27-32)29-40(51-39)34-20-22-35(23-21-34)41-31-50-47(52-41)43-18-12-26-55(43)49(59)46(53(2)3)36-15-9-6-10-16-36;/h5-10,13-16,19-24,27,29,31,38,42-43,46,51H,4,11-12,17-18,25-26,28,30H2,1-3H3,(H,50,52);1H4/t38-,42+,43+,46-;/m1./s1. The molecule has 2 amide bonds. The lowest BCUT2D eigenvalue weighted by Crippen LogP contribution is -2.44. The Morgan fingerprint density at radius 1 is 0.770 bits per heavy atom. The second kappa shape index (κ2) is 18.9. The van der Waals surface area contributed by atoms with Crippen LogP contribution in [0.1, 0.15) is 87.0 Å². The molecule has 0 bridgehead atoms. The van der Waals surface area contributed by atoms with Crippen LogP contribution in [0.5, 0.6) is 0 Å². The third-order valence-electron chi connectivity index (χ3n) is 12.0. The Labute approximate surface area is 358 Å². The number of carbonyl (C=O) groups excluding carboxylic acids is 4. The number of amides is 2. The number of ketones is 1. The number of Topliss-reactive ketones (excluding diaryl/α,β-unsaturated/α-hetero) is 1. The molecule has 0 unspecified atom stereocenters. The van der Waals surface area contributed by atoms with E-state index in [9.17, 15) is 19.2 Å². The maximum absolute atomic E-state index is 14.0. The van der Waals surface area contributed by atoms with Gasteiger partial charge in [0.2, 0.25) is 11.8 Å². The maximum Gasteiger partial charge on any atom is 0.306 e. The molecule has 6 aromatic rings. The molecule has 0 radical (unpaired) electrons. The summed E-state index contributed by atoms with van der Waals surface area (Å²) in [5.41, 5.74) is 7.44. The van der Waals surface area contributed by atoms with Crippen molar-refractivity contribution < 1.29 is 23.9 Å². The topological polar surface area (TPSA) is 132 Å². The van der Waals surface area contributed by atoms with E-state index in [1.807, 2.05) is 109 Å². The highest BCUT2D eigenvalue weighted by molar-refractivity contribution is 5.95. The van der Waals surface area contributed by atoms with Gasteiger partial charge in [-0.05, 0) is 92.7 Å². The van der Waals surface area contributed by atoms with Crippen molar-refractivity contribution in [3.05, 3.63) is 138 Å². The first-order valence-corrected chi connectivity index (χ1v) is 21.0. The Hall–Kier alpha value is -6.33. The van der Waals surface area contributed by atoms with Crippen LogP contribution in [0.25, 0.3) is 33.4 Å². The van der Waals surface area contributed by atoms with Gasteiger partial charge in [-0.15, -0.1) is 0 Å². The number of benzene rings is 4. The van der Waals surface area contributed by atoms with Gasteiger partial charge in [0.05, 0.1) is 42.9 Å². The van der Waals surface area contributed by atoms with Gasteiger partial charge in [-0.3, -0.25) is 24.1 Å². The molecular formula is C50H56N6O5. The van der Waals surface area contributed by atoms with E-state index in [1.54, 1.807) is 11.8 Å². The Balaban J connectivity index is 0.00000561. The van der Waals surface area contributed by atoms with Crippen LogP contribution in [-0.2, 0) is 30.3 Å². The smallest absolute Gasteiger partial charge is 0.306 e. The average molecular weight is 821 g/mol. The number of hydrogen-bond donors (Lipinski definition) is 2. The number of H-pyrrole nitrogens is 2. The molecule has 2 fully saturated rings. The molecule has 0 spiro atoms. The highest BCUT2D eigenvalue weighted by Gasteiger charge is 2.39. The van der Waals surface area contributed by atoms with Crippen molar-refractivity contribution in [1.29, 1.82) is 0 Å². The molecule has 2 aliphatic heterocycles. The highest BCUT2D eigenvalue weighted by atomic mass is 16.5. The first-order chi connectivity index (χ1) is 29.2. The fourth-order valence-electron chi connectivity index (χ4n) is 9.00. The lowest BCUT2D eigenvalue weighted by Gasteiger charge is -2.31. The van der Waals surface area contributed by atoms with Crippen LogP contribution >= 0.6 is 0 Å². The van der Waals surface area contributed by atoms with Crippen molar-refractivity contribution in [3.8, 4) is 22.5 Å². The van der Waals surface area contributed by atoms with Crippen LogP contribution in [-0.4, -0.2) is 93.1 Å². The molecule has 4 atom stereocenters. The molecule has 2 saturated heterocycles. The number of imidazole rings is 1. The van der Waals surface area contributed by atoms with E-state index < -0.39 is 17.9 Å². The lowest BCUT2D eigenvalue weighted by atomic mass is 9.93. The highest BCUT2D eigenvalue weighted by Crippen LogP contribution is 2.36. The maximum atomic E-state index is 14.0. The predicted molar refractivity (Wildman–Crippen MR) is 238 cm³/mol. The van der Waals surface area contributed by atoms with Gasteiger partial charge < -0.3 is 24.5 Å². The Morgan fingerprint density at radius 2 is 1.43 bits per heavy atom. The first kappa shape index (κ1) is 42.8. The zero-order valence-electron chi connectivity index (χ0n) is 34.5. The van der Waals surface area contributed by atoms with Gasteiger partial charge in [0.15, 0.2) is 5.78 Å². The zero-order chi connectivity index (χ0) is 41.8. The minimum absolute atomic E-state index is 0. The third kappa shape index (κ3) is 9.22. The van der Waals surface area contributed by atoms with Gasteiger partial charge >= 0.3 is 5.97 Å². The fourth-order valence-corrected chi connectivity index (χ4v) is 9.00. The SMILES string of the molecule is C.CCOC(=O)C[C@@H](C(=O)N1CCC[C@H]1C(=O)Cc1ccc2[nH]c(-c3ccc(-c4cnc([C@@H]5CCCN5C(=O)[C@@H](c5ccccc5)N(C)C)[nH]4)cc3)cc2c1)c1ccccc1. The number of nitrogens with one attached hydrogen (secondary N) is 2. The number of likely N-dealkylation sites (tertiary alicyclic amines) is 2. The van der Waals surface area contributed by atoms with E-state index in [-0.39, 0.29) is 56.6 Å². The summed E-state index contributed by atoms with van der Waals surface area (Å²) in [7, 11) is 3.89. The summed E-state index contributed by atoms with van der Waals surface area (Å²) in [5, 5.41) is 0.995. The molecule has 0 saturated carbocycles. The Kier molecular flexibility index (Phi) is 13.3. The van der Waals surface area contributed by atoms with E-state index >= 15 is 0 Å². The molecule has 61 heavy (non-hydrogen) atoms. The number of hydrogen-bond acceptors (Lipinski definition) is 7. The predicted octanol–water partition coefficient (Wildman–Crippen LogP) is 8.67. The van der Waals surface area contributed by atoms with Crippen LogP contribution in [0.2, 0.25) is 0 Å². The van der Waals surface area contributed by atoms with Crippen molar-refractivity contribution in [2.45, 2.75) is 76.9 Å². The van der Waals surface area contributed by atoms with Crippen LogP contribution < -0.4 is 0 Å². The molecule has 8 rings (SSSR count). The third-order valence-corrected chi connectivity index (χ3v) is 12.0. The molecule has 0 aliphatic carbocycles.